The molecule has 11 heavy (non-hydrogen) atoms. The van der Waals surface area contributed by atoms with Crippen LogP contribution in [-0.2, 0) is 4.79 Å². The molecule has 1 aliphatic rings. The minimum absolute atomic E-state index is 0. The van der Waals surface area contributed by atoms with Gasteiger partial charge in [-0.15, -0.1) is 0 Å². The topological polar surface area (TPSA) is 32.3 Å². The van der Waals surface area contributed by atoms with E-state index >= 15 is 0 Å². The smallest absolute Gasteiger partial charge is 0.224 e. The Bertz CT molecular complexity index is 152. The molecule has 3 nitrogen and oxygen atoms in total. The Morgan fingerprint density at radius 3 is 3.00 bits per heavy atom. The van der Waals surface area contributed by atoms with E-state index < -0.39 is 0 Å². The highest BCUT2D eigenvalue weighted by Gasteiger charge is 2.22. The molecule has 0 radical (unpaired) electrons. The van der Waals surface area contributed by atoms with Gasteiger partial charge in [-0.3, -0.25) is 4.79 Å². The van der Waals surface area contributed by atoms with E-state index in [1.54, 1.807) is 7.05 Å². The molecule has 1 atom stereocenters. The molecule has 1 amide bonds. The highest BCUT2D eigenvalue weighted by molar-refractivity contribution is 5.78. The number of hydrogen-bond donors (Lipinski definition) is 1. The molecule has 0 aromatic heterocycles. The summed E-state index contributed by atoms with van der Waals surface area (Å²) in [6.07, 6.45) is 2.19. The molecule has 0 aromatic carbocycles. The van der Waals surface area contributed by atoms with Crippen molar-refractivity contribution in [3.63, 3.8) is 0 Å². The van der Waals surface area contributed by atoms with Crippen LogP contribution in [0.3, 0.4) is 0 Å². The van der Waals surface area contributed by atoms with Gasteiger partial charge in [0.2, 0.25) is 5.91 Å². The monoisotopic (exact) mass is 158 g/mol. The Morgan fingerprint density at radius 2 is 2.45 bits per heavy atom. The third-order valence-corrected chi connectivity index (χ3v) is 2.24. The van der Waals surface area contributed by atoms with Gasteiger partial charge in [0.25, 0.3) is 0 Å². The van der Waals surface area contributed by atoms with Crippen molar-refractivity contribution >= 4 is 5.91 Å². The number of amides is 1. The summed E-state index contributed by atoms with van der Waals surface area (Å²) >= 11 is 0. The summed E-state index contributed by atoms with van der Waals surface area (Å²) in [5, 5.41) is 2.69. The predicted octanol–water partition coefficient (Wildman–Crippen LogP) is 0.320. The second-order valence-electron chi connectivity index (χ2n) is 3.22. The van der Waals surface area contributed by atoms with Gasteiger partial charge in [-0.2, -0.15) is 0 Å². The van der Waals surface area contributed by atoms with Crippen molar-refractivity contribution in [2.75, 3.05) is 27.2 Å². The SMILES string of the molecule is CNC(=O)C1CCCN(C)C1.[HH]. The van der Waals surface area contributed by atoms with Crippen LogP contribution in [0.1, 0.15) is 14.3 Å². The molecule has 3 heteroatoms. The number of rotatable bonds is 1. The molecule has 1 heterocycles. The first-order chi connectivity index (χ1) is 5.24. The Kier molecular flexibility index (Phi) is 2.88. The van der Waals surface area contributed by atoms with E-state index in [4.69, 9.17) is 0 Å². The van der Waals surface area contributed by atoms with Gasteiger partial charge in [-0.25, -0.2) is 0 Å². The van der Waals surface area contributed by atoms with Crippen LogP contribution in [0.2, 0.25) is 0 Å². The number of hydrogen-bond acceptors (Lipinski definition) is 2. The molecule has 66 valence electrons. The minimum Gasteiger partial charge on any atom is -0.359 e. The van der Waals surface area contributed by atoms with Gasteiger partial charge < -0.3 is 10.2 Å². The Labute approximate surface area is 69.2 Å². The maximum Gasteiger partial charge on any atom is 0.224 e. The molecule has 1 aliphatic heterocycles. The summed E-state index contributed by atoms with van der Waals surface area (Å²) in [6.45, 7) is 2.05. The van der Waals surface area contributed by atoms with Crippen molar-refractivity contribution in [3.05, 3.63) is 0 Å². The number of carbonyl (C=O) groups is 1. The van der Waals surface area contributed by atoms with Crippen LogP contribution in [0.25, 0.3) is 0 Å². The van der Waals surface area contributed by atoms with Crippen molar-refractivity contribution in [3.8, 4) is 0 Å². The van der Waals surface area contributed by atoms with E-state index in [1.165, 1.54) is 0 Å². The fraction of sp³-hybridized carbons (Fsp3) is 0.875. The third-order valence-electron chi connectivity index (χ3n) is 2.24. The van der Waals surface area contributed by atoms with Gasteiger partial charge in [-0.1, -0.05) is 0 Å². The van der Waals surface area contributed by atoms with E-state index in [0.717, 1.165) is 25.9 Å². The third kappa shape index (κ3) is 2.19. The highest BCUT2D eigenvalue weighted by atomic mass is 16.1. The zero-order valence-corrected chi connectivity index (χ0v) is 7.26. The fourth-order valence-corrected chi connectivity index (χ4v) is 1.58. The molecule has 1 fully saturated rings. The van der Waals surface area contributed by atoms with Gasteiger partial charge in [0, 0.05) is 15.0 Å². The average Bonchev–Trinajstić information content (AvgIpc) is 2.03. The fourth-order valence-electron chi connectivity index (χ4n) is 1.58. The summed E-state index contributed by atoms with van der Waals surface area (Å²) < 4.78 is 0. The van der Waals surface area contributed by atoms with E-state index in [-0.39, 0.29) is 13.3 Å². The molecule has 0 bridgehead atoms. The standard InChI is InChI=1S/C8H16N2O.H2/c1-9-8(11)7-4-3-5-10(2)6-7;/h7H,3-6H2,1-2H3,(H,9,11);1H. The second-order valence-corrected chi connectivity index (χ2v) is 3.22. The van der Waals surface area contributed by atoms with E-state index in [0.29, 0.717) is 0 Å². The van der Waals surface area contributed by atoms with Crippen LogP contribution >= 0.6 is 0 Å². The Hall–Kier alpha value is -0.570. The van der Waals surface area contributed by atoms with E-state index in [2.05, 4.69) is 17.3 Å². The number of carbonyl (C=O) groups excluding carboxylic acids is 1. The highest BCUT2D eigenvalue weighted by Crippen LogP contribution is 2.14. The first kappa shape index (κ1) is 8.53. The summed E-state index contributed by atoms with van der Waals surface area (Å²) in [5.41, 5.74) is 0. The Morgan fingerprint density at radius 1 is 1.73 bits per heavy atom. The van der Waals surface area contributed by atoms with Crippen LogP contribution < -0.4 is 5.32 Å². The summed E-state index contributed by atoms with van der Waals surface area (Å²) in [4.78, 5) is 13.4. The molecule has 0 saturated carbocycles. The van der Waals surface area contributed by atoms with Gasteiger partial charge in [0.15, 0.2) is 0 Å². The first-order valence-corrected chi connectivity index (χ1v) is 4.14. The summed E-state index contributed by atoms with van der Waals surface area (Å²) in [7, 11) is 3.77. The quantitative estimate of drug-likeness (QED) is 0.596. The first-order valence-electron chi connectivity index (χ1n) is 4.14. The van der Waals surface area contributed by atoms with Gasteiger partial charge >= 0.3 is 0 Å². The number of nitrogens with one attached hydrogen (secondary N) is 1. The lowest BCUT2D eigenvalue weighted by atomic mass is 9.98. The van der Waals surface area contributed by atoms with Gasteiger partial charge in [0.05, 0.1) is 5.92 Å². The summed E-state index contributed by atoms with van der Waals surface area (Å²) in [6, 6.07) is 0. The lowest BCUT2D eigenvalue weighted by Crippen LogP contribution is -2.40. The molecule has 1 unspecified atom stereocenters. The lowest BCUT2D eigenvalue weighted by Gasteiger charge is -2.28. The van der Waals surface area contributed by atoms with Crippen molar-refractivity contribution in [1.82, 2.24) is 10.2 Å². The Balaban J connectivity index is 0.00000121. The molecule has 0 aromatic rings. The number of likely N-dealkylation sites (tertiary alicyclic amines) is 1. The van der Waals surface area contributed by atoms with Crippen molar-refractivity contribution < 1.29 is 6.22 Å². The van der Waals surface area contributed by atoms with Crippen LogP contribution in [0, 0.1) is 5.92 Å². The molecule has 1 rings (SSSR count). The van der Waals surface area contributed by atoms with Crippen molar-refractivity contribution in [1.29, 1.82) is 0 Å². The molecular weight excluding hydrogens is 140 g/mol. The minimum atomic E-state index is 0. The molecule has 1 saturated heterocycles. The van der Waals surface area contributed by atoms with Crippen LogP contribution in [-0.4, -0.2) is 38.0 Å². The second kappa shape index (κ2) is 3.72. The maximum atomic E-state index is 11.2. The molecule has 1 N–H and O–H groups in total. The maximum absolute atomic E-state index is 11.2. The number of piperidine rings is 1. The predicted molar refractivity (Wildman–Crippen MR) is 46.4 cm³/mol. The van der Waals surface area contributed by atoms with Crippen LogP contribution in [0.15, 0.2) is 0 Å². The zero-order valence-electron chi connectivity index (χ0n) is 7.26. The van der Waals surface area contributed by atoms with E-state index in [9.17, 15) is 4.79 Å². The van der Waals surface area contributed by atoms with Crippen LogP contribution in [0.5, 0.6) is 0 Å². The largest absolute Gasteiger partial charge is 0.359 e. The molecular formula is C8H18N2O. The van der Waals surface area contributed by atoms with Crippen molar-refractivity contribution in [2.45, 2.75) is 12.8 Å². The van der Waals surface area contributed by atoms with Crippen molar-refractivity contribution in [2.24, 2.45) is 5.92 Å². The molecule has 0 aliphatic carbocycles. The average molecular weight is 158 g/mol. The summed E-state index contributed by atoms with van der Waals surface area (Å²) in [5.74, 6) is 0.412. The number of nitrogens with zero attached hydrogens (tertiary/aromatic N) is 1. The zero-order chi connectivity index (χ0) is 8.27. The van der Waals surface area contributed by atoms with Gasteiger partial charge in [0.1, 0.15) is 0 Å². The van der Waals surface area contributed by atoms with Crippen LogP contribution in [0.4, 0.5) is 0 Å². The normalized spacial score (nSPS) is 26.5. The van der Waals surface area contributed by atoms with Gasteiger partial charge in [-0.05, 0) is 26.4 Å². The lowest BCUT2D eigenvalue weighted by molar-refractivity contribution is -0.126. The van der Waals surface area contributed by atoms with E-state index in [1.807, 2.05) is 0 Å². The molecule has 0 spiro atoms.